The summed E-state index contributed by atoms with van der Waals surface area (Å²) in [5.41, 5.74) is 1.08. The van der Waals surface area contributed by atoms with Gasteiger partial charge in [-0.05, 0) is 54.4 Å². The van der Waals surface area contributed by atoms with E-state index >= 15 is 0 Å². The molecule has 9 heteroatoms. The molecular formula is C20H25F2N3O2S2. The molecule has 0 fully saturated rings. The topological polar surface area (TPSA) is 70.6 Å². The highest BCUT2D eigenvalue weighted by atomic mass is 32.2. The molecular weight excluding hydrogens is 416 g/mol. The maximum atomic E-state index is 13.6. The highest BCUT2D eigenvalue weighted by Gasteiger charge is 2.11. The van der Waals surface area contributed by atoms with E-state index in [1.54, 1.807) is 23.9 Å². The minimum atomic E-state index is -3.24. The molecule has 0 saturated heterocycles. The Bertz CT molecular complexity index is 933. The Hall–Kier alpha value is -2.13. The van der Waals surface area contributed by atoms with E-state index in [-0.39, 0.29) is 18.1 Å². The Balaban J connectivity index is 1.97. The van der Waals surface area contributed by atoms with Crippen molar-refractivity contribution in [2.75, 3.05) is 25.1 Å². The smallest absolute Gasteiger partial charge is 0.191 e. The Kier molecular flexibility index (Phi) is 8.91. The lowest BCUT2D eigenvalue weighted by atomic mass is 10.1. The summed E-state index contributed by atoms with van der Waals surface area (Å²) in [6, 6.07) is 10.4. The summed E-state index contributed by atoms with van der Waals surface area (Å²) >= 11 is 1.59. The summed E-state index contributed by atoms with van der Waals surface area (Å²) in [6.45, 7) is 3.36. The van der Waals surface area contributed by atoms with Crippen molar-refractivity contribution in [2.45, 2.75) is 24.1 Å². The first-order chi connectivity index (χ1) is 13.8. The number of nitrogens with one attached hydrogen (secondary N) is 2. The van der Waals surface area contributed by atoms with E-state index < -0.39 is 15.7 Å². The van der Waals surface area contributed by atoms with Crippen LogP contribution in [-0.4, -0.2) is 39.5 Å². The quantitative estimate of drug-likeness (QED) is 0.270. The fraction of sp³-hybridized carbons (Fsp3) is 0.350. The molecule has 0 atom stereocenters. The first-order valence-electron chi connectivity index (χ1n) is 9.12. The third-order valence-electron chi connectivity index (χ3n) is 3.81. The first-order valence-corrected chi connectivity index (χ1v) is 12.2. The molecule has 0 aliphatic heterocycles. The van der Waals surface area contributed by atoms with Crippen molar-refractivity contribution in [3.63, 3.8) is 0 Å². The van der Waals surface area contributed by atoms with Gasteiger partial charge in [-0.15, -0.1) is 11.8 Å². The van der Waals surface area contributed by atoms with Crippen molar-refractivity contribution in [3.8, 4) is 0 Å². The van der Waals surface area contributed by atoms with Crippen LogP contribution in [0.5, 0.6) is 0 Å². The number of thioether (sulfide) groups is 1. The van der Waals surface area contributed by atoms with Gasteiger partial charge in [0.05, 0.1) is 12.3 Å². The van der Waals surface area contributed by atoms with Crippen molar-refractivity contribution in [1.82, 2.24) is 10.6 Å². The van der Waals surface area contributed by atoms with Gasteiger partial charge in [0.2, 0.25) is 0 Å². The van der Waals surface area contributed by atoms with Crippen LogP contribution in [0.1, 0.15) is 18.1 Å². The Labute approximate surface area is 174 Å². The number of sulfone groups is 1. The van der Waals surface area contributed by atoms with Crippen molar-refractivity contribution in [2.24, 2.45) is 4.99 Å². The maximum absolute atomic E-state index is 13.6. The second kappa shape index (κ2) is 11.2. The van der Waals surface area contributed by atoms with E-state index in [4.69, 9.17) is 0 Å². The van der Waals surface area contributed by atoms with Gasteiger partial charge in [-0.2, -0.15) is 0 Å². The zero-order valence-electron chi connectivity index (χ0n) is 16.4. The highest BCUT2D eigenvalue weighted by molar-refractivity contribution is 7.99. The summed E-state index contributed by atoms with van der Waals surface area (Å²) in [4.78, 5) is 5.42. The van der Waals surface area contributed by atoms with E-state index in [1.165, 1.54) is 30.3 Å². The van der Waals surface area contributed by atoms with Crippen LogP contribution in [0.15, 0.2) is 52.4 Å². The number of nitrogens with zero attached hydrogens (tertiary/aromatic N) is 1. The first kappa shape index (κ1) is 23.2. The normalized spacial score (nSPS) is 12.1. The third kappa shape index (κ3) is 8.82. The van der Waals surface area contributed by atoms with Gasteiger partial charge in [-0.25, -0.2) is 22.2 Å². The lowest BCUT2D eigenvalue weighted by Crippen LogP contribution is -2.38. The molecule has 0 heterocycles. The van der Waals surface area contributed by atoms with Crippen LogP contribution in [0, 0.1) is 11.6 Å². The minimum Gasteiger partial charge on any atom is -0.357 e. The molecule has 0 spiro atoms. The number of halogens is 2. The lowest BCUT2D eigenvalue weighted by molar-refractivity contribution is 0.600. The summed E-state index contributed by atoms with van der Waals surface area (Å²) in [7, 11) is -3.24. The fourth-order valence-corrected chi connectivity index (χ4v) is 4.15. The number of hydrogen-bond donors (Lipinski definition) is 2. The minimum absolute atomic E-state index is 0.156. The number of hydrogen-bond acceptors (Lipinski definition) is 4. The van der Waals surface area contributed by atoms with Crippen LogP contribution in [0.4, 0.5) is 8.78 Å². The summed E-state index contributed by atoms with van der Waals surface area (Å²) < 4.78 is 49.8. The molecule has 0 bridgehead atoms. The zero-order valence-corrected chi connectivity index (χ0v) is 18.0. The van der Waals surface area contributed by atoms with Gasteiger partial charge < -0.3 is 10.6 Å². The molecule has 0 aliphatic carbocycles. The monoisotopic (exact) mass is 441 g/mol. The fourth-order valence-electron chi connectivity index (χ4n) is 2.54. The Morgan fingerprint density at radius 1 is 1.03 bits per heavy atom. The van der Waals surface area contributed by atoms with Crippen LogP contribution < -0.4 is 10.6 Å². The molecule has 0 aromatic heterocycles. The van der Waals surface area contributed by atoms with Crippen molar-refractivity contribution in [1.29, 1.82) is 0 Å². The Morgan fingerprint density at radius 3 is 2.38 bits per heavy atom. The van der Waals surface area contributed by atoms with Gasteiger partial charge >= 0.3 is 0 Å². The van der Waals surface area contributed by atoms with Crippen LogP contribution in [0.3, 0.4) is 0 Å². The number of rotatable bonds is 9. The van der Waals surface area contributed by atoms with E-state index in [2.05, 4.69) is 15.6 Å². The maximum Gasteiger partial charge on any atom is 0.191 e. The molecule has 0 unspecified atom stereocenters. The predicted octanol–water partition coefficient (Wildman–Crippen LogP) is 3.36. The second-order valence-corrected chi connectivity index (χ2v) is 9.72. The molecule has 5 nitrogen and oxygen atoms in total. The molecule has 29 heavy (non-hydrogen) atoms. The predicted molar refractivity (Wildman–Crippen MR) is 115 cm³/mol. The van der Waals surface area contributed by atoms with E-state index in [1.807, 2.05) is 6.92 Å². The van der Waals surface area contributed by atoms with Gasteiger partial charge in [0, 0.05) is 30.0 Å². The molecule has 0 amide bonds. The molecule has 0 radical (unpaired) electrons. The summed E-state index contributed by atoms with van der Waals surface area (Å²) in [5.74, 6) is 0.454. The van der Waals surface area contributed by atoms with E-state index in [9.17, 15) is 17.2 Å². The number of aliphatic imine (C=N–C) groups is 1. The van der Waals surface area contributed by atoms with E-state index in [0.29, 0.717) is 30.2 Å². The summed E-state index contributed by atoms with van der Waals surface area (Å²) in [6.07, 6.45) is 1.15. The molecule has 0 saturated carbocycles. The van der Waals surface area contributed by atoms with Crippen LogP contribution >= 0.6 is 11.8 Å². The van der Waals surface area contributed by atoms with Gasteiger partial charge in [0.15, 0.2) is 15.8 Å². The SMILES string of the molecule is CCNC(=NCc1cc(F)ccc1CS(C)(=O)=O)NCCSc1ccc(F)cc1. The van der Waals surface area contributed by atoms with Crippen LogP contribution in [-0.2, 0) is 22.1 Å². The van der Waals surface area contributed by atoms with Gasteiger partial charge in [0.25, 0.3) is 0 Å². The third-order valence-corrected chi connectivity index (χ3v) is 5.66. The lowest BCUT2D eigenvalue weighted by Gasteiger charge is -2.12. The average Bonchev–Trinajstić information content (AvgIpc) is 2.65. The second-order valence-electron chi connectivity index (χ2n) is 6.41. The number of benzene rings is 2. The van der Waals surface area contributed by atoms with Crippen LogP contribution in [0.25, 0.3) is 0 Å². The van der Waals surface area contributed by atoms with Crippen molar-refractivity contribution < 1.29 is 17.2 Å². The van der Waals surface area contributed by atoms with Gasteiger partial charge in [-0.1, -0.05) is 6.07 Å². The van der Waals surface area contributed by atoms with E-state index in [0.717, 1.165) is 16.9 Å². The van der Waals surface area contributed by atoms with Crippen molar-refractivity contribution in [3.05, 3.63) is 65.2 Å². The molecule has 2 N–H and O–H groups in total. The van der Waals surface area contributed by atoms with Crippen LogP contribution in [0.2, 0.25) is 0 Å². The molecule has 2 aromatic carbocycles. The van der Waals surface area contributed by atoms with Gasteiger partial charge in [-0.3, -0.25) is 0 Å². The zero-order chi connectivity index (χ0) is 21.3. The average molecular weight is 442 g/mol. The molecule has 2 rings (SSSR count). The number of guanidine groups is 1. The molecule has 2 aromatic rings. The highest BCUT2D eigenvalue weighted by Crippen LogP contribution is 2.17. The Morgan fingerprint density at radius 2 is 1.72 bits per heavy atom. The molecule has 158 valence electrons. The van der Waals surface area contributed by atoms with Crippen molar-refractivity contribution >= 4 is 27.6 Å². The van der Waals surface area contributed by atoms with Gasteiger partial charge in [0.1, 0.15) is 11.6 Å². The largest absolute Gasteiger partial charge is 0.357 e. The standard InChI is InChI=1S/C20H25F2N3O2S2/c1-3-23-20(24-10-11-28-19-8-6-17(21)7-9-19)25-13-16-12-18(22)5-4-15(16)14-29(2,26)27/h4-9,12H,3,10-11,13-14H2,1-2H3,(H2,23,24,25). The summed E-state index contributed by atoms with van der Waals surface area (Å²) in [5, 5.41) is 6.30. The molecule has 0 aliphatic rings.